The molecule has 142 valence electrons. The standard InChI is InChI=1S/C22H27N3S2/c1-14-9-7-8-10-19(14)23-20-24-25-21(27-20)26-13-18-15(2)11-17(12-16(18)3)22(4,5)6/h7-12H,13H2,1-6H3,(H,23,24). The second-order valence-electron chi connectivity index (χ2n) is 7.94. The van der Waals surface area contributed by atoms with E-state index in [1.807, 2.05) is 12.1 Å². The van der Waals surface area contributed by atoms with E-state index in [2.05, 4.69) is 81.3 Å². The zero-order valence-electron chi connectivity index (χ0n) is 16.9. The molecule has 1 heterocycles. The Morgan fingerprint density at radius 3 is 2.26 bits per heavy atom. The third-order valence-electron chi connectivity index (χ3n) is 4.70. The molecule has 0 aliphatic heterocycles. The molecule has 0 aliphatic rings. The van der Waals surface area contributed by atoms with Crippen LogP contribution in [0.25, 0.3) is 0 Å². The Balaban J connectivity index is 1.69. The molecule has 0 amide bonds. The van der Waals surface area contributed by atoms with Gasteiger partial charge in [0, 0.05) is 11.4 Å². The number of hydrogen-bond donors (Lipinski definition) is 1. The summed E-state index contributed by atoms with van der Waals surface area (Å²) in [6.45, 7) is 13.3. The summed E-state index contributed by atoms with van der Waals surface area (Å²) in [4.78, 5) is 0. The molecule has 0 bridgehead atoms. The Bertz CT molecular complexity index is 916. The number of aromatic nitrogens is 2. The molecule has 0 saturated carbocycles. The molecule has 0 aliphatic carbocycles. The molecule has 0 spiro atoms. The summed E-state index contributed by atoms with van der Waals surface area (Å²) in [7, 11) is 0. The maximum atomic E-state index is 4.34. The quantitative estimate of drug-likeness (QED) is 0.481. The van der Waals surface area contributed by atoms with Crippen molar-refractivity contribution in [1.82, 2.24) is 10.2 Å². The van der Waals surface area contributed by atoms with Gasteiger partial charge in [-0.1, -0.05) is 74.2 Å². The minimum absolute atomic E-state index is 0.177. The summed E-state index contributed by atoms with van der Waals surface area (Å²) < 4.78 is 0.991. The lowest BCUT2D eigenvalue weighted by Crippen LogP contribution is -2.12. The summed E-state index contributed by atoms with van der Waals surface area (Å²) in [5.74, 6) is 0.918. The lowest BCUT2D eigenvalue weighted by atomic mass is 9.84. The van der Waals surface area contributed by atoms with Gasteiger partial charge < -0.3 is 5.32 Å². The van der Waals surface area contributed by atoms with Gasteiger partial charge in [-0.3, -0.25) is 0 Å². The van der Waals surface area contributed by atoms with E-state index in [9.17, 15) is 0 Å². The van der Waals surface area contributed by atoms with Crippen molar-refractivity contribution in [2.24, 2.45) is 0 Å². The number of nitrogens with one attached hydrogen (secondary N) is 1. The highest BCUT2D eigenvalue weighted by atomic mass is 32.2. The van der Waals surface area contributed by atoms with Crippen LogP contribution in [-0.2, 0) is 11.2 Å². The maximum Gasteiger partial charge on any atom is 0.210 e. The molecule has 0 unspecified atom stereocenters. The first-order valence-corrected chi connectivity index (χ1v) is 10.9. The maximum absolute atomic E-state index is 4.34. The highest BCUT2D eigenvalue weighted by Gasteiger charge is 2.17. The molecular weight excluding hydrogens is 370 g/mol. The van der Waals surface area contributed by atoms with Crippen LogP contribution in [0.1, 0.15) is 48.6 Å². The van der Waals surface area contributed by atoms with Gasteiger partial charge >= 0.3 is 0 Å². The first kappa shape index (κ1) is 19.9. The number of nitrogens with zero attached hydrogens (tertiary/aromatic N) is 2. The van der Waals surface area contributed by atoms with Crippen molar-refractivity contribution in [2.45, 2.75) is 57.0 Å². The summed E-state index contributed by atoms with van der Waals surface area (Å²) in [6, 6.07) is 12.9. The second-order valence-corrected chi connectivity index (χ2v) is 10.1. The van der Waals surface area contributed by atoms with Crippen LogP contribution < -0.4 is 5.32 Å². The third-order valence-corrected chi connectivity index (χ3v) is 6.69. The molecule has 5 heteroatoms. The van der Waals surface area contributed by atoms with Crippen LogP contribution in [0.2, 0.25) is 0 Å². The van der Waals surface area contributed by atoms with E-state index >= 15 is 0 Å². The largest absolute Gasteiger partial charge is 0.330 e. The SMILES string of the molecule is Cc1ccccc1Nc1nnc(SCc2c(C)cc(C(C)(C)C)cc2C)s1. The van der Waals surface area contributed by atoms with Gasteiger partial charge in [0.15, 0.2) is 4.34 Å². The molecule has 3 aromatic rings. The molecule has 2 aromatic carbocycles. The molecule has 0 fully saturated rings. The highest BCUT2D eigenvalue weighted by Crippen LogP contribution is 2.33. The van der Waals surface area contributed by atoms with Crippen LogP contribution in [0, 0.1) is 20.8 Å². The van der Waals surface area contributed by atoms with Crippen LogP contribution in [-0.4, -0.2) is 10.2 Å². The average Bonchev–Trinajstić information content (AvgIpc) is 3.03. The van der Waals surface area contributed by atoms with Crippen molar-refractivity contribution >= 4 is 33.9 Å². The highest BCUT2D eigenvalue weighted by molar-refractivity contribution is 8.00. The lowest BCUT2D eigenvalue weighted by Gasteiger charge is -2.22. The number of hydrogen-bond acceptors (Lipinski definition) is 5. The van der Waals surface area contributed by atoms with Crippen LogP contribution in [0.5, 0.6) is 0 Å². The fourth-order valence-electron chi connectivity index (χ4n) is 2.93. The number of aryl methyl sites for hydroxylation is 3. The first-order valence-electron chi connectivity index (χ1n) is 9.13. The minimum Gasteiger partial charge on any atom is -0.330 e. The van der Waals surface area contributed by atoms with Gasteiger partial charge in [0.05, 0.1) is 0 Å². The van der Waals surface area contributed by atoms with E-state index in [1.165, 1.54) is 27.8 Å². The predicted octanol–water partition coefficient (Wildman–Crippen LogP) is 6.80. The first-order chi connectivity index (χ1) is 12.7. The van der Waals surface area contributed by atoms with Crippen LogP contribution >= 0.6 is 23.1 Å². The van der Waals surface area contributed by atoms with Crippen molar-refractivity contribution in [3.05, 3.63) is 64.2 Å². The Labute approximate surface area is 170 Å². The lowest BCUT2D eigenvalue weighted by molar-refractivity contribution is 0.589. The summed E-state index contributed by atoms with van der Waals surface area (Å²) in [6.07, 6.45) is 0. The van der Waals surface area contributed by atoms with Gasteiger partial charge in [-0.2, -0.15) is 0 Å². The van der Waals surface area contributed by atoms with E-state index in [-0.39, 0.29) is 5.41 Å². The van der Waals surface area contributed by atoms with Gasteiger partial charge in [-0.05, 0) is 60.1 Å². The average molecular weight is 398 g/mol. The van der Waals surface area contributed by atoms with Crippen molar-refractivity contribution in [3.63, 3.8) is 0 Å². The van der Waals surface area contributed by atoms with Gasteiger partial charge in [0.25, 0.3) is 0 Å². The number of benzene rings is 2. The molecule has 0 radical (unpaired) electrons. The molecule has 1 N–H and O–H groups in total. The van der Waals surface area contributed by atoms with Gasteiger partial charge in [-0.25, -0.2) is 0 Å². The third kappa shape index (κ3) is 4.90. The van der Waals surface area contributed by atoms with Crippen molar-refractivity contribution < 1.29 is 0 Å². The monoisotopic (exact) mass is 397 g/mol. The van der Waals surface area contributed by atoms with Crippen LogP contribution in [0.15, 0.2) is 40.7 Å². The van der Waals surface area contributed by atoms with Crippen LogP contribution in [0.3, 0.4) is 0 Å². The van der Waals surface area contributed by atoms with Crippen LogP contribution in [0.4, 0.5) is 10.8 Å². The predicted molar refractivity (Wildman–Crippen MR) is 119 cm³/mol. The topological polar surface area (TPSA) is 37.8 Å². The zero-order valence-corrected chi connectivity index (χ0v) is 18.5. The van der Waals surface area contributed by atoms with Crippen molar-refractivity contribution in [3.8, 4) is 0 Å². The molecule has 3 rings (SSSR count). The van der Waals surface area contributed by atoms with Gasteiger partial charge in [-0.15, -0.1) is 10.2 Å². The Morgan fingerprint density at radius 2 is 1.63 bits per heavy atom. The molecule has 27 heavy (non-hydrogen) atoms. The number of rotatable bonds is 5. The van der Waals surface area contributed by atoms with Crippen molar-refractivity contribution in [2.75, 3.05) is 5.32 Å². The van der Waals surface area contributed by atoms with Gasteiger partial charge in [0.2, 0.25) is 5.13 Å². The fraction of sp³-hybridized carbons (Fsp3) is 0.364. The second kappa shape index (κ2) is 8.03. The van der Waals surface area contributed by atoms with Crippen molar-refractivity contribution in [1.29, 1.82) is 0 Å². The fourth-order valence-corrected chi connectivity index (χ4v) is 4.90. The zero-order chi connectivity index (χ0) is 19.6. The van der Waals surface area contributed by atoms with E-state index in [0.717, 1.165) is 20.9 Å². The van der Waals surface area contributed by atoms with E-state index in [1.54, 1.807) is 23.1 Å². The minimum atomic E-state index is 0.177. The normalized spacial score (nSPS) is 11.6. The molecule has 0 atom stereocenters. The van der Waals surface area contributed by atoms with Gasteiger partial charge in [0.1, 0.15) is 0 Å². The molecule has 0 saturated heterocycles. The number of thioether (sulfide) groups is 1. The number of para-hydroxylation sites is 1. The summed E-state index contributed by atoms with van der Waals surface area (Å²) in [5, 5.41) is 12.8. The Hall–Kier alpha value is -1.85. The summed E-state index contributed by atoms with van der Waals surface area (Å²) >= 11 is 3.36. The van der Waals surface area contributed by atoms with E-state index in [0.29, 0.717) is 0 Å². The Kier molecular flexibility index (Phi) is 5.92. The van der Waals surface area contributed by atoms with E-state index in [4.69, 9.17) is 0 Å². The molecule has 3 nitrogen and oxygen atoms in total. The number of anilines is 2. The molecule has 1 aromatic heterocycles. The molecular formula is C22H27N3S2. The van der Waals surface area contributed by atoms with E-state index < -0.39 is 0 Å². The summed E-state index contributed by atoms with van der Waals surface area (Å²) in [5.41, 5.74) is 7.96. The smallest absolute Gasteiger partial charge is 0.210 e. The Morgan fingerprint density at radius 1 is 0.963 bits per heavy atom.